The third kappa shape index (κ3) is 5.71. The molecule has 0 unspecified atom stereocenters. The summed E-state index contributed by atoms with van der Waals surface area (Å²) >= 11 is 0. The van der Waals surface area contributed by atoms with Gasteiger partial charge in [0.1, 0.15) is 6.04 Å². The summed E-state index contributed by atoms with van der Waals surface area (Å²) in [4.78, 5) is 44.7. The second kappa shape index (κ2) is 11.0. The monoisotopic (exact) mass is 537 g/mol. The number of nitrogens with zero attached hydrogens (tertiary/aromatic N) is 3. The van der Waals surface area contributed by atoms with E-state index >= 15 is 0 Å². The molecule has 2 N–H and O–H groups in total. The van der Waals surface area contributed by atoms with Gasteiger partial charge in [0.05, 0.1) is 13.0 Å². The smallest absolute Gasteiger partial charge is 0.243 e. The van der Waals surface area contributed by atoms with Gasteiger partial charge in [-0.25, -0.2) is 0 Å². The van der Waals surface area contributed by atoms with Crippen molar-refractivity contribution in [1.82, 2.24) is 20.0 Å². The maximum atomic E-state index is 13.3. The predicted molar refractivity (Wildman–Crippen MR) is 139 cm³/mol. The Balaban J connectivity index is 1.00. The average molecular weight is 538 g/mol. The fraction of sp³-hybridized carbons (Fsp3) is 0.444. The lowest BCUT2D eigenvalue weighted by atomic mass is 10.1. The van der Waals surface area contributed by atoms with E-state index in [9.17, 15) is 14.4 Å². The molecule has 3 amide bonds. The lowest BCUT2D eigenvalue weighted by Gasteiger charge is -2.38. The second-order valence-electron chi connectivity index (χ2n) is 9.95. The molecule has 4 aliphatic rings. The highest BCUT2D eigenvalue weighted by molar-refractivity contribution is 5.97. The first-order valence-corrected chi connectivity index (χ1v) is 13.1. The van der Waals surface area contributed by atoms with Crippen molar-refractivity contribution in [2.75, 3.05) is 64.7 Å². The number of hydrogen-bond donors (Lipinski definition) is 2. The van der Waals surface area contributed by atoms with E-state index in [4.69, 9.17) is 18.9 Å². The van der Waals surface area contributed by atoms with Crippen LogP contribution in [0.5, 0.6) is 23.0 Å². The summed E-state index contributed by atoms with van der Waals surface area (Å²) in [5.74, 6) is 1.91. The van der Waals surface area contributed by atoms with Crippen LogP contribution >= 0.6 is 0 Å². The normalized spacial score (nSPS) is 20.6. The standard InChI is InChI=1S/C27H31N5O7/c33-25(29-19-2-4-22-24(12-19)39-17-37-22)13-20-27(35)28-5-6-32(20)26(34)15-31-9-7-30(8-10-31)14-18-1-3-21-23(11-18)38-16-36-21/h1-4,11-12,20H,5-10,13-17H2,(H,28,35)(H,29,33)/t20-/m1/s1. The van der Waals surface area contributed by atoms with Gasteiger partial charge in [-0.2, -0.15) is 0 Å². The summed E-state index contributed by atoms with van der Waals surface area (Å²) in [6, 6.07) is 10.3. The minimum Gasteiger partial charge on any atom is -0.454 e. The molecule has 2 aromatic carbocycles. The second-order valence-corrected chi connectivity index (χ2v) is 9.95. The third-order valence-electron chi connectivity index (χ3n) is 7.35. The highest BCUT2D eigenvalue weighted by atomic mass is 16.7. The van der Waals surface area contributed by atoms with Gasteiger partial charge in [0, 0.05) is 57.6 Å². The number of rotatable bonds is 7. The Morgan fingerprint density at radius 3 is 2.28 bits per heavy atom. The fourth-order valence-electron chi connectivity index (χ4n) is 5.26. The number of amides is 3. The fourth-order valence-corrected chi connectivity index (χ4v) is 5.26. The van der Waals surface area contributed by atoms with Crippen LogP contribution < -0.4 is 29.6 Å². The Bertz CT molecular complexity index is 1260. The van der Waals surface area contributed by atoms with Crippen LogP contribution in [0.4, 0.5) is 5.69 Å². The molecule has 0 aromatic heterocycles. The molecule has 0 spiro atoms. The van der Waals surface area contributed by atoms with Crippen LogP contribution in [0, 0.1) is 0 Å². The molecule has 2 fully saturated rings. The highest BCUT2D eigenvalue weighted by Crippen LogP contribution is 2.34. The SMILES string of the molecule is O=C(C[C@@H]1C(=O)NCCN1C(=O)CN1CCN(Cc2ccc3c(c2)OCO3)CC1)Nc1ccc2c(c1)OCO2. The summed E-state index contributed by atoms with van der Waals surface area (Å²) in [7, 11) is 0. The minimum atomic E-state index is -0.854. The van der Waals surface area contributed by atoms with Crippen molar-refractivity contribution in [2.24, 2.45) is 0 Å². The number of hydrogen-bond acceptors (Lipinski definition) is 9. The van der Waals surface area contributed by atoms with Crippen LogP contribution in [0.25, 0.3) is 0 Å². The molecular weight excluding hydrogens is 506 g/mol. The molecule has 12 heteroatoms. The van der Waals surface area contributed by atoms with E-state index in [1.165, 1.54) is 4.90 Å². The number of ether oxygens (including phenoxy) is 4. The number of piperazine rings is 2. The van der Waals surface area contributed by atoms with Gasteiger partial charge in [0.25, 0.3) is 0 Å². The zero-order valence-corrected chi connectivity index (χ0v) is 21.5. The molecule has 12 nitrogen and oxygen atoms in total. The van der Waals surface area contributed by atoms with Gasteiger partial charge in [-0.1, -0.05) is 6.07 Å². The molecule has 0 saturated carbocycles. The summed E-state index contributed by atoms with van der Waals surface area (Å²) in [5, 5.41) is 5.58. The van der Waals surface area contributed by atoms with E-state index in [1.807, 2.05) is 18.2 Å². The largest absolute Gasteiger partial charge is 0.454 e. The van der Waals surface area contributed by atoms with E-state index in [1.54, 1.807) is 18.2 Å². The van der Waals surface area contributed by atoms with Gasteiger partial charge < -0.3 is 34.5 Å². The van der Waals surface area contributed by atoms with Gasteiger partial charge in [0.2, 0.25) is 31.3 Å². The van der Waals surface area contributed by atoms with Gasteiger partial charge in [-0.05, 0) is 29.8 Å². The van der Waals surface area contributed by atoms with Crippen molar-refractivity contribution in [3.63, 3.8) is 0 Å². The lowest BCUT2D eigenvalue weighted by molar-refractivity contribution is -0.145. The molecule has 39 heavy (non-hydrogen) atoms. The van der Waals surface area contributed by atoms with Crippen molar-refractivity contribution >= 4 is 23.4 Å². The number of fused-ring (bicyclic) bond motifs is 2. The number of benzene rings is 2. The average Bonchev–Trinajstić information content (AvgIpc) is 3.60. The van der Waals surface area contributed by atoms with E-state index < -0.39 is 6.04 Å². The van der Waals surface area contributed by atoms with Crippen LogP contribution in [0.15, 0.2) is 36.4 Å². The number of carbonyl (C=O) groups excluding carboxylic acids is 3. The molecule has 2 saturated heterocycles. The van der Waals surface area contributed by atoms with Crippen molar-refractivity contribution in [2.45, 2.75) is 19.0 Å². The number of nitrogens with one attached hydrogen (secondary N) is 2. The van der Waals surface area contributed by atoms with Crippen molar-refractivity contribution in [1.29, 1.82) is 0 Å². The molecule has 6 rings (SSSR count). The van der Waals surface area contributed by atoms with Gasteiger partial charge in [0.15, 0.2) is 23.0 Å². The summed E-state index contributed by atoms with van der Waals surface area (Å²) in [6.07, 6.45) is -0.130. The Kier molecular flexibility index (Phi) is 7.12. The van der Waals surface area contributed by atoms with Crippen molar-refractivity contribution < 1.29 is 33.3 Å². The van der Waals surface area contributed by atoms with Gasteiger partial charge in [-0.15, -0.1) is 0 Å². The highest BCUT2D eigenvalue weighted by Gasteiger charge is 2.35. The van der Waals surface area contributed by atoms with Gasteiger partial charge in [-0.3, -0.25) is 24.2 Å². The zero-order chi connectivity index (χ0) is 26.8. The van der Waals surface area contributed by atoms with E-state index in [-0.39, 0.29) is 44.3 Å². The topological polar surface area (TPSA) is 122 Å². The predicted octanol–water partition coefficient (Wildman–Crippen LogP) is 0.617. The molecule has 206 valence electrons. The van der Waals surface area contributed by atoms with Crippen LogP contribution in [-0.2, 0) is 20.9 Å². The zero-order valence-electron chi connectivity index (χ0n) is 21.5. The van der Waals surface area contributed by atoms with Crippen LogP contribution in [0.2, 0.25) is 0 Å². The molecule has 4 aliphatic heterocycles. The lowest BCUT2D eigenvalue weighted by Crippen LogP contribution is -2.60. The van der Waals surface area contributed by atoms with Crippen molar-refractivity contribution in [3.05, 3.63) is 42.0 Å². The molecule has 1 atom stereocenters. The Morgan fingerprint density at radius 2 is 1.51 bits per heavy atom. The third-order valence-corrected chi connectivity index (χ3v) is 7.35. The maximum Gasteiger partial charge on any atom is 0.243 e. The Labute approximate surface area is 225 Å². The van der Waals surface area contributed by atoms with Crippen LogP contribution in [0.1, 0.15) is 12.0 Å². The Hall–Kier alpha value is -4.03. The molecule has 0 radical (unpaired) electrons. The Morgan fingerprint density at radius 1 is 0.846 bits per heavy atom. The van der Waals surface area contributed by atoms with Gasteiger partial charge >= 0.3 is 0 Å². The van der Waals surface area contributed by atoms with E-state index in [0.717, 1.165) is 49.8 Å². The van der Waals surface area contributed by atoms with Crippen LogP contribution in [-0.4, -0.2) is 97.9 Å². The van der Waals surface area contributed by atoms with E-state index in [2.05, 4.69) is 20.4 Å². The number of anilines is 1. The molecule has 4 heterocycles. The van der Waals surface area contributed by atoms with Crippen LogP contribution in [0.3, 0.4) is 0 Å². The number of carbonyl (C=O) groups is 3. The van der Waals surface area contributed by atoms with E-state index in [0.29, 0.717) is 30.3 Å². The first-order valence-electron chi connectivity index (χ1n) is 13.1. The molecular formula is C27H31N5O7. The molecule has 2 aromatic rings. The minimum absolute atomic E-state index is 0.130. The summed E-state index contributed by atoms with van der Waals surface area (Å²) in [5.41, 5.74) is 1.70. The molecule has 0 bridgehead atoms. The van der Waals surface area contributed by atoms with Crippen molar-refractivity contribution in [3.8, 4) is 23.0 Å². The first kappa shape index (κ1) is 25.3. The first-order chi connectivity index (χ1) is 19.0. The molecule has 0 aliphatic carbocycles. The maximum absolute atomic E-state index is 13.3. The quantitative estimate of drug-likeness (QED) is 0.523. The summed E-state index contributed by atoms with van der Waals surface area (Å²) < 4.78 is 21.5. The summed E-state index contributed by atoms with van der Waals surface area (Å²) in [6.45, 7) is 5.28.